The second-order valence-corrected chi connectivity index (χ2v) is 7.33. The van der Waals surface area contributed by atoms with Crippen molar-refractivity contribution >= 4 is 9.84 Å². The Hall–Kier alpha value is -0.130. The van der Waals surface area contributed by atoms with Gasteiger partial charge in [-0.2, -0.15) is 0 Å². The van der Waals surface area contributed by atoms with Gasteiger partial charge in [-0.1, -0.05) is 13.8 Å². The summed E-state index contributed by atoms with van der Waals surface area (Å²) in [5.74, 6) is 0.385. The second kappa shape index (κ2) is 2.93. The lowest BCUT2D eigenvalue weighted by atomic mass is 9.92. The van der Waals surface area contributed by atoms with Gasteiger partial charge in [0.1, 0.15) is 5.72 Å². The summed E-state index contributed by atoms with van der Waals surface area (Å²) in [7, 11) is -2.88. The van der Waals surface area contributed by atoms with Crippen LogP contribution in [0.1, 0.15) is 20.3 Å². The van der Waals surface area contributed by atoms with E-state index in [2.05, 4.69) is 19.2 Å². The van der Waals surface area contributed by atoms with Crippen molar-refractivity contribution in [3.8, 4) is 0 Å². The molecule has 1 spiro atoms. The van der Waals surface area contributed by atoms with Gasteiger partial charge in [0.05, 0.1) is 18.1 Å². The van der Waals surface area contributed by atoms with E-state index in [-0.39, 0.29) is 16.9 Å². The molecule has 2 fully saturated rings. The fourth-order valence-corrected chi connectivity index (χ4v) is 3.73. The highest BCUT2D eigenvalue weighted by atomic mass is 32.2. The monoisotopic (exact) mass is 219 g/mol. The van der Waals surface area contributed by atoms with E-state index in [9.17, 15) is 8.42 Å². The molecular weight excluding hydrogens is 202 g/mol. The molecule has 2 rings (SSSR count). The van der Waals surface area contributed by atoms with Gasteiger partial charge in [0.25, 0.3) is 0 Å². The van der Waals surface area contributed by atoms with Gasteiger partial charge in [-0.25, -0.2) is 8.42 Å². The standard InChI is InChI=1S/C9H17NO3S/c1-8(2)5-10-9(13-6-8)3-4-14(11,12)7-9/h10H,3-7H2,1-2H3. The third-order valence-corrected chi connectivity index (χ3v) is 4.63. The maximum Gasteiger partial charge on any atom is 0.154 e. The van der Waals surface area contributed by atoms with E-state index < -0.39 is 15.6 Å². The molecule has 2 saturated heterocycles. The fraction of sp³-hybridized carbons (Fsp3) is 1.00. The first-order valence-electron chi connectivity index (χ1n) is 4.92. The Labute approximate surface area is 84.9 Å². The highest BCUT2D eigenvalue weighted by molar-refractivity contribution is 7.91. The molecule has 4 nitrogen and oxygen atoms in total. The number of nitrogens with one attached hydrogen (secondary N) is 1. The van der Waals surface area contributed by atoms with E-state index in [0.29, 0.717) is 13.0 Å². The Kier molecular flexibility index (Phi) is 2.18. The molecule has 0 aromatic carbocycles. The average Bonchev–Trinajstić information content (AvgIpc) is 2.36. The smallest absolute Gasteiger partial charge is 0.154 e. The molecule has 0 aliphatic carbocycles. The third kappa shape index (κ3) is 1.94. The van der Waals surface area contributed by atoms with Crippen molar-refractivity contribution in [1.29, 1.82) is 0 Å². The van der Waals surface area contributed by atoms with Crippen LogP contribution in [0.15, 0.2) is 0 Å². The molecule has 0 amide bonds. The lowest BCUT2D eigenvalue weighted by Crippen LogP contribution is -2.58. The summed E-state index contributed by atoms with van der Waals surface area (Å²) in [5, 5.41) is 3.24. The van der Waals surface area contributed by atoms with Crippen molar-refractivity contribution < 1.29 is 13.2 Å². The largest absolute Gasteiger partial charge is 0.359 e. The fourth-order valence-electron chi connectivity index (χ4n) is 1.91. The zero-order valence-corrected chi connectivity index (χ0v) is 9.49. The second-order valence-electron chi connectivity index (χ2n) is 5.14. The zero-order valence-electron chi connectivity index (χ0n) is 8.67. The minimum Gasteiger partial charge on any atom is -0.359 e. The van der Waals surface area contributed by atoms with Crippen LogP contribution >= 0.6 is 0 Å². The van der Waals surface area contributed by atoms with Crippen molar-refractivity contribution in [3.05, 3.63) is 0 Å². The van der Waals surface area contributed by atoms with Crippen LogP contribution in [0.4, 0.5) is 0 Å². The summed E-state index contributed by atoms with van der Waals surface area (Å²) in [5.41, 5.74) is -0.466. The molecule has 0 bridgehead atoms. The van der Waals surface area contributed by atoms with E-state index in [4.69, 9.17) is 4.74 Å². The zero-order chi connectivity index (χ0) is 10.4. The van der Waals surface area contributed by atoms with Gasteiger partial charge in [0.15, 0.2) is 9.84 Å². The topological polar surface area (TPSA) is 55.4 Å². The van der Waals surface area contributed by atoms with Crippen molar-refractivity contribution in [2.45, 2.75) is 26.0 Å². The molecule has 5 heteroatoms. The molecule has 2 aliphatic rings. The molecule has 1 unspecified atom stereocenters. The lowest BCUT2D eigenvalue weighted by molar-refractivity contribution is -0.121. The average molecular weight is 219 g/mol. The molecule has 82 valence electrons. The van der Waals surface area contributed by atoms with Crippen LogP contribution in [0, 0.1) is 5.41 Å². The van der Waals surface area contributed by atoms with Gasteiger partial charge >= 0.3 is 0 Å². The number of ether oxygens (including phenoxy) is 1. The maximum atomic E-state index is 11.3. The van der Waals surface area contributed by atoms with E-state index in [1.165, 1.54) is 0 Å². The van der Waals surface area contributed by atoms with Crippen LogP contribution in [-0.2, 0) is 14.6 Å². The first kappa shape index (κ1) is 10.4. The van der Waals surface area contributed by atoms with E-state index in [0.717, 1.165) is 6.54 Å². The summed E-state index contributed by atoms with van der Waals surface area (Å²) in [6.45, 7) is 5.67. The molecule has 2 heterocycles. The van der Waals surface area contributed by atoms with Gasteiger partial charge < -0.3 is 4.74 Å². The Balaban J connectivity index is 2.08. The predicted molar refractivity (Wildman–Crippen MR) is 53.7 cm³/mol. The molecule has 0 saturated carbocycles. The van der Waals surface area contributed by atoms with Crippen LogP contribution in [-0.4, -0.2) is 38.8 Å². The molecule has 1 atom stereocenters. The molecule has 1 N–H and O–H groups in total. The molecule has 14 heavy (non-hydrogen) atoms. The van der Waals surface area contributed by atoms with Crippen LogP contribution in [0.2, 0.25) is 0 Å². The Morgan fingerprint density at radius 1 is 1.36 bits per heavy atom. The quantitative estimate of drug-likeness (QED) is 0.630. The van der Waals surface area contributed by atoms with E-state index >= 15 is 0 Å². The van der Waals surface area contributed by atoms with Crippen LogP contribution in [0.25, 0.3) is 0 Å². The van der Waals surface area contributed by atoms with Gasteiger partial charge in [0, 0.05) is 18.4 Å². The first-order valence-corrected chi connectivity index (χ1v) is 6.74. The van der Waals surface area contributed by atoms with Gasteiger partial charge in [-0.05, 0) is 0 Å². The molecule has 0 radical (unpaired) electrons. The maximum absolute atomic E-state index is 11.3. The Bertz CT molecular complexity index is 324. The molecule has 0 aromatic heterocycles. The van der Waals surface area contributed by atoms with Crippen molar-refractivity contribution in [2.24, 2.45) is 5.41 Å². The van der Waals surface area contributed by atoms with Gasteiger partial charge in [-0.15, -0.1) is 0 Å². The molecule has 2 aliphatic heterocycles. The lowest BCUT2D eigenvalue weighted by Gasteiger charge is -2.41. The van der Waals surface area contributed by atoms with Crippen molar-refractivity contribution in [2.75, 3.05) is 24.7 Å². The van der Waals surface area contributed by atoms with E-state index in [1.807, 2.05) is 0 Å². The normalized spacial score (nSPS) is 40.1. The van der Waals surface area contributed by atoms with Gasteiger partial charge in [-0.3, -0.25) is 5.32 Å². The van der Waals surface area contributed by atoms with Crippen molar-refractivity contribution in [3.63, 3.8) is 0 Å². The number of sulfone groups is 1. The summed E-state index contributed by atoms with van der Waals surface area (Å²) < 4.78 is 28.4. The van der Waals surface area contributed by atoms with Crippen LogP contribution < -0.4 is 5.32 Å². The number of rotatable bonds is 0. The number of hydrogen-bond acceptors (Lipinski definition) is 4. The number of hydrogen-bond donors (Lipinski definition) is 1. The highest BCUT2D eigenvalue weighted by Gasteiger charge is 2.47. The third-order valence-electron chi connectivity index (χ3n) is 2.90. The molecule has 0 aromatic rings. The van der Waals surface area contributed by atoms with Gasteiger partial charge in [0.2, 0.25) is 0 Å². The predicted octanol–water partition coefficient (Wildman–Crippen LogP) is 0.147. The summed E-state index contributed by atoms with van der Waals surface area (Å²) >= 11 is 0. The van der Waals surface area contributed by atoms with Crippen LogP contribution in [0.5, 0.6) is 0 Å². The molecular formula is C9H17NO3S. The summed E-state index contributed by atoms with van der Waals surface area (Å²) in [6, 6.07) is 0. The van der Waals surface area contributed by atoms with E-state index in [1.54, 1.807) is 0 Å². The summed E-state index contributed by atoms with van der Waals surface area (Å²) in [6.07, 6.45) is 0.589. The summed E-state index contributed by atoms with van der Waals surface area (Å²) in [4.78, 5) is 0. The van der Waals surface area contributed by atoms with Crippen LogP contribution in [0.3, 0.4) is 0 Å². The highest BCUT2D eigenvalue weighted by Crippen LogP contribution is 2.31. The minimum atomic E-state index is -2.88. The SMILES string of the molecule is CC1(C)CNC2(CCS(=O)(=O)C2)OC1. The Morgan fingerprint density at radius 2 is 2.07 bits per heavy atom. The first-order chi connectivity index (χ1) is 6.33. The Morgan fingerprint density at radius 3 is 2.50 bits per heavy atom. The minimum absolute atomic E-state index is 0.109. The van der Waals surface area contributed by atoms with Crippen molar-refractivity contribution in [1.82, 2.24) is 5.32 Å².